The smallest absolute Gasteiger partial charge is 0.323 e. The van der Waals surface area contributed by atoms with E-state index in [1.165, 1.54) is 32.4 Å². The lowest BCUT2D eigenvalue weighted by atomic mass is 9.99. The SMILES string of the molecule is Cl.O=C(O)Cn1ccnc1CCC(=O)N1CCC(N2CCCCC2)CC1. The standard InChI is InChI=1S/C18H28N4O3.ClH/c23-17(5-4-16-19-8-13-22(16)14-18(24)25)21-11-6-15(7-12-21)20-9-2-1-3-10-20;/h8,13,15H,1-7,9-12,14H2,(H,24,25);1H. The van der Waals surface area contributed by atoms with Gasteiger partial charge in [-0.05, 0) is 38.8 Å². The van der Waals surface area contributed by atoms with Gasteiger partial charge in [0.05, 0.1) is 0 Å². The van der Waals surface area contributed by atoms with E-state index in [1.807, 2.05) is 4.90 Å². The Morgan fingerprint density at radius 3 is 2.46 bits per heavy atom. The van der Waals surface area contributed by atoms with E-state index in [0.717, 1.165) is 25.9 Å². The van der Waals surface area contributed by atoms with Crippen molar-refractivity contribution in [1.82, 2.24) is 19.4 Å². The van der Waals surface area contributed by atoms with Crippen LogP contribution in [-0.2, 0) is 22.6 Å². The lowest BCUT2D eigenvalue weighted by molar-refractivity contribution is -0.137. The number of aliphatic carboxylic acids is 1. The van der Waals surface area contributed by atoms with E-state index in [0.29, 0.717) is 24.7 Å². The molecule has 3 rings (SSSR count). The molecule has 0 unspecified atom stereocenters. The molecule has 7 nitrogen and oxygen atoms in total. The van der Waals surface area contributed by atoms with E-state index in [2.05, 4.69) is 9.88 Å². The molecule has 26 heavy (non-hydrogen) atoms. The molecule has 2 fully saturated rings. The van der Waals surface area contributed by atoms with E-state index in [1.54, 1.807) is 17.0 Å². The van der Waals surface area contributed by atoms with Gasteiger partial charge in [0.2, 0.25) is 5.91 Å². The van der Waals surface area contributed by atoms with Gasteiger partial charge in [0.1, 0.15) is 12.4 Å². The molecule has 0 aromatic carbocycles. The highest BCUT2D eigenvalue weighted by Crippen LogP contribution is 2.21. The third-order valence-corrected chi connectivity index (χ3v) is 5.39. The summed E-state index contributed by atoms with van der Waals surface area (Å²) in [6, 6.07) is 0.638. The van der Waals surface area contributed by atoms with Crippen molar-refractivity contribution < 1.29 is 14.7 Å². The van der Waals surface area contributed by atoms with Crippen LogP contribution in [0.1, 0.15) is 44.3 Å². The second-order valence-corrected chi connectivity index (χ2v) is 7.07. The highest BCUT2D eigenvalue weighted by molar-refractivity contribution is 5.85. The summed E-state index contributed by atoms with van der Waals surface area (Å²) in [5, 5.41) is 8.90. The van der Waals surface area contributed by atoms with Crippen LogP contribution in [0.25, 0.3) is 0 Å². The highest BCUT2D eigenvalue weighted by atomic mass is 35.5. The summed E-state index contributed by atoms with van der Waals surface area (Å²) in [5.41, 5.74) is 0. The van der Waals surface area contributed by atoms with E-state index in [9.17, 15) is 9.59 Å². The Bertz CT molecular complexity index is 593. The summed E-state index contributed by atoms with van der Waals surface area (Å²) < 4.78 is 1.60. The summed E-state index contributed by atoms with van der Waals surface area (Å²) >= 11 is 0. The Labute approximate surface area is 160 Å². The predicted octanol–water partition coefficient (Wildman–Crippen LogP) is 1.80. The minimum atomic E-state index is -0.898. The molecule has 8 heteroatoms. The predicted molar refractivity (Wildman–Crippen MR) is 100 cm³/mol. The summed E-state index contributed by atoms with van der Waals surface area (Å²) in [7, 11) is 0. The van der Waals surface area contributed by atoms with E-state index >= 15 is 0 Å². The van der Waals surface area contributed by atoms with Gasteiger partial charge in [-0.15, -0.1) is 12.4 Å². The molecular formula is C18H29ClN4O3. The van der Waals surface area contributed by atoms with Gasteiger partial charge in [-0.3, -0.25) is 9.59 Å². The molecule has 2 aliphatic heterocycles. The molecule has 0 radical (unpaired) electrons. The van der Waals surface area contributed by atoms with Gasteiger partial charge >= 0.3 is 5.97 Å². The minimum Gasteiger partial charge on any atom is -0.480 e. The van der Waals surface area contributed by atoms with Crippen LogP contribution in [0.15, 0.2) is 12.4 Å². The molecule has 0 saturated carbocycles. The summed E-state index contributed by atoms with van der Waals surface area (Å²) in [5.74, 6) is -0.0775. The molecule has 1 N–H and O–H groups in total. The number of hydrogen-bond donors (Lipinski definition) is 1. The molecule has 0 bridgehead atoms. The number of aromatic nitrogens is 2. The Balaban J connectivity index is 0.00000243. The zero-order chi connectivity index (χ0) is 17.6. The maximum Gasteiger partial charge on any atom is 0.323 e. The molecule has 1 amide bonds. The Morgan fingerprint density at radius 2 is 1.81 bits per heavy atom. The van der Waals surface area contributed by atoms with Crippen molar-refractivity contribution in [1.29, 1.82) is 0 Å². The summed E-state index contributed by atoms with van der Waals surface area (Å²) in [6.07, 6.45) is 10.2. The number of piperidine rings is 2. The number of hydrogen-bond acceptors (Lipinski definition) is 4. The zero-order valence-corrected chi connectivity index (χ0v) is 16.0. The van der Waals surface area contributed by atoms with E-state index in [4.69, 9.17) is 5.11 Å². The number of imidazole rings is 1. The van der Waals surface area contributed by atoms with Crippen molar-refractivity contribution in [3.8, 4) is 0 Å². The fraction of sp³-hybridized carbons (Fsp3) is 0.722. The summed E-state index contributed by atoms with van der Waals surface area (Å²) in [6.45, 7) is 3.99. The van der Waals surface area contributed by atoms with Gasteiger partial charge < -0.3 is 19.5 Å². The van der Waals surface area contributed by atoms with Crippen LogP contribution in [-0.4, -0.2) is 68.6 Å². The Hall–Kier alpha value is -1.60. The van der Waals surface area contributed by atoms with Crippen LogP contribution in [0, 0.1) is 0 Å². The topological polar surface area (TPSA) is 78.7 Å². The number of halogens is 1. The van der Waals surface area contributed by atoms with Crippen LogP contribution in [0.3, 0.4) is 0 Å². The number of carbonyl (C=O) groups is 2. The van der Waals surface area contributed by atoms with E-state index < -0.39 is 5.97 Å². The van der Waals surface area contributed by atoms with Crippen LogP contribution in [0.5, 0.6) is 0 Å². The second kappa shape index (κ2) is 9.92. The lowest BCUT2D eigenvalue weighted by Crippen LogP contribution is -2.48. The number of carboxylic acid groups (broad SMARTS) is 1. The molecule has 2 saturated heterocycles. The fourth-order valence-corrected chi connectivity index (χ4v) is 4.00. The number of likely N-dealkylation sites (tertiary alicyclic amines) is 2. The van der Waals surface area contributed by atoms with Gasteiger partial charge in [-0.1, -0.05) is 6.42 Å². The first kappa shape index (κ1) is 20.7. The molecule has 2 aliphatic rings. The zero-order valence-electron chi connectivity index (χ0n) is 15.2. The van der Waals surface area contributed by atoms with Crippen molar-refractivity contribution >= 4 is 24.3 Å². The first-order valence-electron chi connectivity index (χ1n) is 9.37. The van der Waals surface area contributed by atoms with Crippen molar-refractivity contribution in [3.63, 3.8) is 0 Å². The number of nitrogens with zero attached hydrogens (tertiary/aromatic N) is 4. The quantitative estimate of drug-likeness (QED) is 0.809. The second-order valence-electron chi connectivity index (χ2n) is 7.07. The summed E-state index contributed by atoms with van der Waals surface area (Å²) in [4.78, 5) is 32.1. The largest absolute Gasteiger partial charge is 0.480 e. The van der Waals surface area contributed by atoms with Gasteiger partial charge in [-0.25, -0.2) is 4.98 Å². The van der Waals surface area contributed by atoms with Gasteiger partial charge in [0.25, 0.3) is 0 Å². The Morgan fingerprint density at radius 1 is 1.12 bits per heavy atom. The number of carbonyl (C=O) groups excluding carboxylic acids is 1. The number of rotatable bonds is 6. The molecular weight excluding hydrogens is 356 g/mol. The van der Waals surface area contributed by atoms with Gasteiger partial charge in [-0.2, -0.15) is 0 Å². The van der Waals surface area contributed by atoms with Crippen molar-refractivity contribution in [2.45, 2.75) is 57.5 Å². The van der Waals surface area contributed by atoms with Crippen LogP contribution < -0.4 is 0 Å². The Kier molecular flexibility index (Phi) is 7.90. The number of aryl methyl sites for hydroxylation is 1. The van der Waals surface area contributed by atoms with Crippen molar-refractivity contribution in [3.05, 3.63) is 18.2 Å². The maximum absolute atomic E-state index is 12.5. The molecule has 146 valence electrons. The van der Waals surface area contributed by atoms with Crippen molar-refractivity contribution in [2.75, 3.05) is 26.2 Å². The normalized spacial score (nSPS) is 19.2. The van der Waals surface area contributed by atoms with E-state index in [-0.39, 0.29) is 24.9 Å². The third-order valence-electron chi connectivity index (χ3n) is 5.39. The average Bonchev–Trinajstić information content (AvgIpc) is 3.07. The number of carboxylic acids is 1. The van der Waals surface area contributed by atoms with Crippen LogP contribution in [0.2, 0.25) is 0 Å². The molecule has 0 spiro atoms. The minimum absolute atomic E-state index is 0. The van der Waals surface area contributed by atoms with Gasteiger partial charge in [0.15, 0.2) is 0 Å². The third kappa shape index (κ3) is 5.45. The van der Waals surface area contributed by atoms with Gasteiger partial charge in [0, 0.05) is 44.4 Å². The first-order chi connectivity index (χ1) is 12.1. The fourth-order valence-electron chi connectivity index (χ4n) is 4.00. The maximum atomic E-state index is 12.5. The highest BCUT2D eigenvalue weighted by Gasteiger charge is 2.27. The monoisotopic (exact) mass is 384 g/mol. The number of amides is 1. The molecule has 0 atom stereocenters. The van der Waals surface area contributed by atoms with Crippen LogP contribution >= 0.6 is 12.4 Å². The van der Waals surface area contributed by atoms with Crippen molar-refractivity contribution in [2.24, 2.45) is 0 Å². The molecule has 1 aromatic heterocycles. The average molecular weight is 385 g/mol. The van der Waals surface area contributed by atoms with Crippen LogP contribution in [0.4, 0.5) is 0 Å². The molecule has 3 heterocycles. The first-order valence-corrected chi connectivity index (χ1v) is 9.37. The lowest BCUT2D eigenvalue weighted by Gasteiger charge is -2.40. The molecule has 0 aliphatic carbocycles. The molecule has 1 aromatic rings.